The SMILES string of the molecule is CC(O)C(N)CNC(=O)c1cc(Br)c(Br)s1. The van der Waals surface area contributed by atoms with Crippen LogP contribution in [0.4, 0.5) is 0 Å². The monoisotopic (exact) mass is 370 g/mol. The molecule has 0 aromatic carbocycles. The number of thiophene rings is 1. The van der Waals surface area contributed by atoms with Gasteiger partial charge in [-0.05, 0) is 44.8 Å². The molecule has 1 aromatic rings. The molecule has 0 bridgehead atoms. The molecule has 4 N–H and O–H groups in total. The van der Waals surface area contributed by atoms with Gasteiger partial charge < -0.3 is 16.2 Å². The summed E-state index contributed by atoms with van der Waals surface area (Å²) in [6.07, 6.45) is -0.637. The van der Waals surface area contributed by atoms with Crippen LogP contribution in [0.1, 0.15) is 16.6 Å². The number of hydrogen-bond donors (Lipinski definition) is 3. The zero-order valence-electron chi connectivity index (χ0n) is 8.54. The second-order valence-corrected chi connectivity index (χ2v) is 6.57. The minimum Gasteiger partial charge on any atom is -0.392 e. The minimum atomic E-state index is -0.637. The van der Waals surface area contributed by atoms with Crippen molar-refractivity contribution in [1.82, 2.24) is 5.32 Å². The third-order valence-corrected chi connectivity index (χ3v) is 5.24. The molecule has 0 aliphatic rings. The van der Waals surface area contributed by atoms with E-state index in [1.54, 1.807) is 13.0 Å². The average molecular weight is 372 g/mol. The van der Waals surface area contributed by atoms with Crippen molar-refractivity contribution in [2.24, 2.45) is 5.73 Å². The van der Waals surface area contributed by atoms with Crippen LogP contribution in [0.15, 0.2) is 14.3 Å². The fourth-order valence-corrected chi connectivity index (χ4v) is 2.88. The Balaban J connectivity index is 2.53. The Hall–Kier alpha value is 0.0500. The van der Waals surface area contributed by atoms with Crippen LogP contribution in [0.3, 0.4) is 0 Å². The standard InChI is InChI=1S/C9H12Br2N2O2S/c1-4(14)6(12)3-13-9(15)7-2-5(10)8(11)16-7/h2,4,6,14H,3,12H2,1H3,(H,13,15). The first kappa shape index (κ1) is 14.1. The molecule has 1 rings (SSSR count). The minimum absolute atomic E-state index is 0.187. The van der Waals surface area contributed by atoms with Gasteiger partial charge in [-0.25, -0.2) is 0 Å². The molecule has 0 radical (unpaired) electrons. The highest BCUT2D eigenvalue weighted by Gasteiger charge is 2.14. The maximum absolute atomic E-state index is 11.7. The highest BCUT2D eigenvalue weighted by Crippen LogP contribution is 2.32. The smallest absolute Gasteiger partial charge is 0.261 e. The van der Waals surface area contributed by atoms with Crippen LogP contribution in [-0.4, -0.2) is 29.7 Å². The fourth-order valence-electron chi connectivity index (χ4n) is 0.927. The molecule has 0 aliphatic heterocycles. The van der Waals surface area contributed by atoms with Gasteiger partial charge in [-0.2, -0.15) is 0 Å². The van der Waals surface area contributed by atoms with E-state index >= 15 is 0 Å². The van der Waals surface area contributed by atoms with Gasteiger partial charge in [0.25, 0.3) is 5.91 Å². The zero-order valence-corrected chi connectivity index (χ0v) is 12.5. The van der Waals surface area contributed by atoms with Crippen LogP contribution >= 0.6 is 43.2 Å². The van der Waals surface area contributed by atoms with Crippen molar-refractivity contribution in [3.63, 3.8) is 0 Å². The quantitative estimate of drug-likeness (QED) is 0.754. The Labute approximate surface area is 114 Å². The Morgan fingerprint density at radius 3 is 2.75 bits per heavy atom. The maximum atomic E-state index is 11.7. The van der Waals surface area contributed by atoms with Crippen LogP contribution in [-0.2, 0) is 0 Å². The summed E-state index contributed by atoms with van der Waals surface area (Å²) in [7, 11) is 0. The zero-order chi connectivity index (χ0) is 12.3. The van der Waals surface area contributed by atoms with Crippen LogP contribution in [0.2, 0.25) is 0 Å². The number of carbonyl (C=O) groups excluding carboxylic acids is 1. The van der Waals surface area contributed by atoms with Crippen molar-refractivity contribution >= 4 is 49.1 Å². The lowest BCUT2D eigenvalue weighted by Gasteiger charge is -2.14. The van der Waals surface area contributed by atoms with Gasteiger partial charge in [0, 0.05) is 17.1 Å². The number of rotatable bonds is 4. The number of aliphatic hydroxyl groups excluding tert-OH is 1. The fraction of sp³-hybridized carbons (Fsp3) is 0.444. The molecule has 1 heterocycles. The lowest BCUT2D eigenvalue weighted by molar-refractivity contribution is 0.0941. The van der Waals surface area contributed by atoms with Crippen molar-refractivity contribution in [3.05, 3.63) is 19.2 Å². The van der Waals surface area contributed by atoms with Crippen LogP contribution in [0.5, 0.6) is 0 Å². The highest BCUT2D eigenvalue weighted by molar-refractivity contribution is 9.13. The van der Waals surface area contributed by atoms with Crippen molar-refractivity contribution < 1.29 is 9.90 Å². The van der Waals surface area contributed by atoms with E-state index in [9.17, 15) is 4.79 Å². The summed E-state index contributed by atoms with van der Waals surface area (Å²) in [4.78, 5) is 12.3. The van der Waals surface area contributed by atoms with Crippen LogP contribution in [0.25, 0.3) is 0 Å². The largest absolute Gasteiger partial charge is 0.392 e. The number of aliphatic hydroxyl groups is 1. The Bertz CT molecular complexity index is 362. The van der Waals surface area contributed by atoms with Gasteiger partial charge in [0.2, 0.25) is 0 Å². The maximum Gasteiger partial charge on any atom is 0.261 e. The summed E-state index contributed by atoms with van der Waals surface area (Å²) in [5.41, 5.74) is 5.60. The first-order valence-electron chi connectivity index (χ1n) is 4.58. The van der Waals surface area contributed by atoms with E-state index in [4.69, 9.17) is 10.8 Å². The number of nitrogens with two attached hydrogens (primary N) is 1. The van der Waals surface area contributed by atoms with E-state index in [0.29, 0.717) is 4.88 Å². The number of halogens is 2. The molecule has 2 unspecified atom stereocenters. The molecule has 0 aliphatic carbocycles. The molecule has 16 heavy (non-hydrogen) atoms. The Morgan fingerprint density at radius 1 is 1.69 bits per heavy atom. The lowest BCUT2D eigenvalue weighted by Crippen LogP contribution is -2.43. The molecule has 2 atom stereocenters. The van der Waals surface area contributed by atoms with Crippen molar-refractivity contribution in [1.29, 1.82) is 0 Å². The summed E-state index contributed by atoms with van der Waals surface area (Å²) in [5.74, 6) is -0.187. The first-order chi connectivity index (χ1) is 7.41. The van der Waals surface area contributed by atoms with E-state index in [0.717, 1.165) is 8.26 Å². The van der Waals surface area contributed by atoms with E-state index in [1.807, 2.05) is 0 Å². The van der Waals surface area contributed by atoms with Gasteiger partial charge in [0.1, 0.15) is 0 Å². The van der Waals surface area contributed by atoms with Gasteiger partial charge >= 0.3 is 0 Å². The van der Waals surface area contributed by atoms with E-state index < -0.39 is 12.1 Å². The molecule has 7 heteroatoms. The predicted molar refractivity (Wildman–Crippen MR) is 71.7 cm³/mol. The van der Waals surface area contributed by atoms with Gasteiger partial charge in [0.15, 0.2) is 0 Å². The molecule has 4 nitrogen and oxygen atoms in total. The summed E-state index contributed by atoms with van der Waals surface area (Å²) in [5, 5.41) is 11.8. The van der Waals surface area contributed by atoms with Crippen molar-refractivity contribution in [3.8, 4) is 0 Å². The molecule has 1 amide bonds. The highest BCUT2D eigenvalue weighted by atomic mass is 79.9. The molecule has 0 saturated carbocycles. The average Bonchev–Trinajstić information content (AvgIpc) is 2.55. The lowest BCUT2D eigenvalue weighted by atomic mass is 10.2. The topological polar surface area (TPSA) is 75.3 Å². The number of nitrogens with one attached hydrogen (secondary N) is 1. The van der Waals surface area contributed by atoms with Crippen molar-refractivity contribution in [2.75, 3.05) is 6.54 Å². The molecule has 0 spiro atoms. The molecule has 0 fully saturated rings. The second-order valence-electron chi connectivity index (χ2n) is 3.35. The van der Waals surface area contributed by atoms with Crippen LogP contribution < -0.4 is 11.1 Å². The Kier molecular flexibility index (Phi) is 5.39. The van der Waals surface area contributed by atoms with E-state index in [1.165, 1.54) is 11.3 Å². The molecular formula is C9H12Br2N2O2S. The molecular weight excluding hydrogens is 360 g/mol. The number of carbonyl (C=O) groups is 1. The third-order valence-electron chi connectivity index (χ3n) is 1.99. The summed E-state index contributed by atoms with van der Waals surface area (Å²) in [6.45, 7) is 1.85. The summed E-state index contributed by atoms with van der Waals surface area (Å²) < 4.78 is 1.72. The normalized spacial score (nSPS) is 14.6. The Morgan fingerprint density at radius 2 is 2.31 bits per heavy atom. The van der Waals surface area contributed by atoms with E-state index in [-0.39, 0.29) is 12.5 Å². The molecule has 1 aromatic heterocycles. The predicted octanol–water partition coefficient (Wildman–Crippen LogP) is 1.71. The van der Waals surface area contributed by atoms with Gasteiger partial charge in [0.05, 0.1) is 14.8 Å². The van der Waals surface area contributed by atoms with Gasteiger partial charge in [-0.15, -0.1) is 11.3 Å². The van der Waals surface area contributed by atoms with Crippen LogP contribution in [0, 0.1) is 0 Å². The van der Waals surface area contributed by atoms with Crippen molar-refractivity contribution in [2.45, 2.75) is 19.1 Å². The van der Waals surface area contributed by atoms with Gasteiger partial charge in [-0.3, -0.25) is 4.79 Å². The second kappa shape index (κ2) is 6.11. The molecule has 90 valence electrons. The first-order valence-corrected chi connectivity index (χ1v) is 6.98. The number of amides is 1. The third kappa shape index (κ3) is 3.81. The summed E-state index contributed by atoms with van der Waals surface area (Å²) >= 11 is 7.96. The van der Waals surface area contributed by atoms with E-state index in [2.05, 4.69) is 37.2 Å². The van der Waals surface area contributed by atoms with Gasteiger partial charge in [-0.1, -0.05) is 0 Å². The summed E-state index contributed by atoms with van der Waals surface area (Å²) in [6, 6.07) is 1.29. The number of hydrogen-bond acceptors (Lipinski definition) is 4. The molecule has 0 saturated heterocycles.